The monoisotopic (exact) mass is 395 g/mol. The summed E-state index contributed by atoms with van der Waals surface area (Å²) in [6, 6.07) is 20.9. The van der Waals surface area contributed by atoms with Crippen LogP contribution in [-0.4, -0.2) is 19.9 Å². The molecule has 0 N–H and O–H groups in total. The van der Waals surface area contributed by atoms with E-state index in [0.29, 0.717) is 29.7 Å². The SMILES string of the molecule is CCOc1ccc(N=Cc2ccc(OCc3ccccc3Cl)c(OC)c2)cc1. The molecule has 5 heteroatoms. The molecule has 28 heavy (non-hydrogen) atoms. The van der Waals surface area contributed by atoms with Gasteiger partial charge in [-0.15, -0.1) is 0 Å². The minimum Gasteiger partial charge on any atom is -0.494 e. The highest BCUT2D eigenvalue weighted by Crippen LogP contribution is 2.29. The zero-order valence-corrected chi connectivity index (χ0v) is 16.6. The third-order valence-corrected chi connectivity index (χ3v) is 4.41. The van der Waals surface area contributed by atoms with E-state index >= 15 is 0 Å². The second kappa shape index (κ2) is 9.81. The van der Waals surface area contributed by atoms with E-state index in [1.807, 2.05) is 73.7 Å². The molecular formula is C23H22ClNO3. The third kappa shape index (κ3) is 5.27. The topological polar surface area (TPSA) is 40.0 Å². The molecule has 4 nitrogen and oxygen atoms in total. The van der Waals surface area contributed by atoms with E-state index in [0.717, 1.165) is 22.6 Å². The van der Waals surface area contributed by atoms with Crippen LogP contribution in [0.4, 0.5) is 5.69 Å². The van der Waals surface area contributed by atoms with Crippen LogP contribution in [0, 0.1) is 0 Å². The molecule has 0 unspecified atom stereocenters. The van der Waals surface area contributed by atoms with Gasteiger partial charge in [0.2, 0.25) is 0 Å². The van der Waals surface area contributed by atoms with Crippen molar-refractivity contribution in [2.24, 2.45) is 4.99 Å². The van der Waals surface area contributed by atoms with Crippen LogP contribution in [0.25, 0.3) is 0 Å². The molecule has 0 spiro atoms. The Balaban J connectivity index is 1.69. The number of benzene rings is 3. The Hall–Kier alpha value is -2.98. The van der Waals surface area contributed by atoms with Gasteiger partial charge in [-0.05, 0) is 61.0 Å². The van der Waals surface area contributed by atoms with Gasteiger partial charge in [0.1, 0.15) is 12.4 Å². The van der Waals surface area contributed by atoms with Crippen molar-refractivity contribution in [3.8, 4) is 17.2 Å². The average Bonchev–Trinajstić information content (AvgIpc) is 2.73. The van der Waals surface area contributed by atoms with Crippen molar-refractivity contribution >= 4 is 23.5 Å². The van der Waals surface area contributed by atoms with Crippen LogP contribution in [0.5, 0.6) is 17.2 Å². The quantitative estimate of drug-likeness (QED) is 0.434. The van der Waals surface area contributed by atoms with Crippen LogP contribution < -0.4 is 14.2 Å². The van der Waals surface area contributed by atoms with Crippen molar-refractivity contribution in [1.29, 1.82) is 0 Å². The van der Waals surface area contributed by atoms with Gasteiger partial charge in [-0.3, -0.25) is 4.99 Å². The number of rotatable bonds is 8. The van der Waals surface area contributed by atoms with E-state index in [-0.39, 0.29) is 0 Å². The molecule has 0 saturated heterocycles. The molecule has 0 aromatic heterocycles. The molecule has 0 fully saturated rings. The molecule has 0 radical (unpaired) electrons. The van der Waals surface area contributed by atoms with E-state index in [1.165, 1.54) is 0 Å². The van der Waals surface area contributed by atoms with E-state index < -0.39 is 0 Å². The molecular weight excluding hydrogens is 374 g/mol. The summed E-state index contributed by atoms with van der Waals surface area (Å²) in [5, 5.41) is 0.681. The van der Waals surface area contributed by atoms with Crippen LogP contribution in [0.15, 0.2) is 71.7 Å². The standard InChI is InChI=1S/C23H22ClNO3/c1-3-27-20-11-9-19(10-12-20)25-15-17-8-13-22(23(14-17)26-2)28-16-18-6-4-5-7-21(18)24/h4-15H,3,16H2,1-2H3. The number of hydrogen-bond donors (Lipinski definition) is 0. The predicted molar refractivity (Wildman–Crippen MR) is 114 cm³/mol. The molecule has 0 atom stereocenters. The Kier molecular flexibility index (Phi) is 6.93. The predicted octanol–water partition coefficient (Wildman–Crippen LogP) is 6.08. The van der Waals surface area contributed by atoms with Gasteiger partial charge < -0.3 is 14.2 Å². The van der Waals surface area contributed by atoms with Crippen molar-refractivity contribution < 1.29 is 14.2 Å². The van der Waals surface area contributed by atoms with Crippen LogP contribution in [0.1, 0.15) is 18.1 Å². The van der Waals surface area contributed by atoms with Crippen LogP contribution in [-0.2, 0) is 6.61 Å². The fourth-order valence-electron chi connectivity index (χ4n) is 2.60. The van der Waals surface area contributed by atoms with E-state index in [2.05, 4.69) is 4.99 Å². The molecule has 0 amide bonds. The first-order valence-corrected chi connectivity index (χ1v) is 9.38. The summed E-state index contributed by atoms with van der Waals surface area (Å²) in [4.78, 5) is 4.49. The van der Waals surface area contributed by atoms with E-state index in [9.17, 15) is 0 Å². The van der Waals surface area contributed by atoms with Gasteiger partial charge in [-0.25, -0.2) is 0 Å². The Morgan fingerprint density at radius 2 is 1.71 bits per heavy atom. The van der Waals surface area contributed by atoms with Crippen molar-refractivity contribution in [2.75, 3.05) is 13.7 Å². The van der Waals surface area contributed by atoms with Gasteiger partial charge >= 0.3 is 0 Å². The van der Waals surface area contributed by atoms with Gasteiger partial charge in [0.15, 0.2) is 11.5 Å². The van der Waals surface area contributed by atoms with Crippen molar-refractivity contribution in [1.82, 2.24) is 0 Å². The highest BCUT2D eigenvalue weighted by molar-refractivity contribution is 6.31. The number of aliphatic imine (C=N–C) groups is 1. The minimum atomic E-state index is 0.371. The van der Waals surface area contributed by atoms with E-state index in [4.69, 9.17) is 25.8 Å². The Labute approximate surface area is 170 Å². The van der Waals surface area contributed by atoms with Gasteiger partial charge in [-0.1, -0.05) is 29.8 Å². The normalized spacial score (nSPS) is 10.8. The van der Waals surface area contributed by atoms with Gasteiger partial charge in [0, 0.05) is 16.8 Å². The maximum Gasteiger partial charge on any atom is 0.161 e. The molecule has 0 heterocycles. The van der Waals surface area contributed by atoms with Crippen molar-refractivity contribution in [3.63, 3.8) is 0 Å². The lowest BCUT2D eigenvalue weighted by Crippen LogP contribution is -1.99. The number of halogens is 1. The van der Waals surface area contributed by atoms with Gasteiger partial charge in [0.05, 0.1) is 19.4 Å². The Morgan fingerprint density at radius 1 is 0.929 bits per heavy atom. The molecule has 144 valence electrons. The number of ether oxygens (including phenoxy) is 3. The fraction of sp³-hybridized carbons (Fsp3) is 0.174. The Bertz CT molecular complexity index is 939. The molecule has 0 aliphatic carbocycles. The Morgan fingerprint density at radius 3 is 2.43 bits per heavy atom. The highest BCUT2D eigenvalue weighted by atomic mass is 35.5. The second-order valence-electron chi connectivity index (χ2n) is 5.98. The summed E-state index contributed by atoms with van der Waals surface area (Å²) >= 11 is 6.18. The summed E-state index contributed by atoms with van der Waals surface area (Å²) < 4.78 is 16.8. The molecule has 0 bridgehead atoms. The first kappa shape index (κ1) is 19.8. The highest BCUT2D eigenvalue weighted by Gasteiger charge is 2.07. The lowest BCUT2D eigenvalue weighted by Gasteiger charge is -2.12. The third-order valence-electron chi connectivity index (χ3n) is 4.04. The van der Waals surface area contributed by atoms with Crippen LogP contribution >= 0.6 is 11.6 Å². The summed E-state index contributed by atoms with van der Waals surface area (Å²) in [6.07, 6.45) is 1.79. The number of methoxy groups -OCH3 is 1. The molecule has 0 aliphatic rings. The van der Waals surface area contributed by atoms with Crippen LogP contribution in [0.3, 0.4) is 0 Å². The number of nitrogens with zero attached hydrogens (tertiary/aromatic N) is 1. The first-order valence-electron chi connectivity index (χ1n) is 9.00. The molecule has 0 saturated carbocycles. The maximum absolute atomic E-state index is 6.18. The molecule has 0 aliphatic heterocycles. The maximum atomic E-state index is 6.18. The molecule has 3 aromatic rings. The second-order valence-corrected chi connectivity index (χ2v) is 6.38. The van der Waals surface area contributed by atoms with Crippen molar-refractivity contribution in [3.05, 3.63) is 82.9 Å². The molecule has 3 aromatic carbocycles. The molecule has 3 rings (SSSR count). The van der Waals surface area contributed by atoms with Gasteiger partial charge in [-0.2, -0.15) is 0 Å². The summed E-state index contributed by atoms with van der Waals surface area (Å²) in [6.45, 7) is 2.98. The zero-order chi connectivity index (χ0) is 19.8. The minimum absolute atomic E-state index is 0.371. The largest absolute Gasteiger partial charge is 0.494 e. The van der Waals surface area contributed by atoms with Crippen LogP contribution in [0.2, 0.25) is 5.02 Å². The lowest BCUT2D eigenvalue weighted by atomic mass is 10.2. The average molecular weight is 396 g/mol. The zero-order valence-electron chi connectivity index (χ0n) is 15.9. The van der Waals surface area contributed by atoms with Gasteiger partial charge in [0.25, 0.3) is 0 Å². The fourth-order valence-corrected chi connectivity index (χ4v) is 2.79. The summed E-state index contributed by atoms with van der Waals surface area (Å²) in [7, 11) is 1.62. The smallest absolute Gasteiger partial charge is 0.161 e. The summed E-state index contributed by atoms with van der Waals surface area (Å²) in [5.41, 5.74) is 2.68. The first-order chi connectivity index (χ1) is 13.7. The number of hydrogen-bond acceptors (Lipinski definition) is 4. The van der Waals surface area contributed by atoms with E-state index in [1.54, 1.807) is 13.3 Å². The summed E-state index contributed by atoms with van der Waals surface area (Å²) in [5.74, 6) is 2.13. The van der Waals surface area contributed by atoms with Crippen molar-refractivity contribution in [2.45, 2.75) is 13.5 Å². The lowest BCUT2D eigenvalue weighted by molar-refractivity contribution is 0.284.